The molecule has 0 N–H and O–H groups in total. The van der Waals surface area contributed by atoms with E-state index in [0.29, 0.717) is 16.6 Å². The van der Waals surface area contributed by atoms with Crippen molar-refractivity contribution in [2.45, 2.75) is 52.4 Å². The zero-order valence-electron chi connectivity index (χ0n) is 9.81. The second-order valence-electron chi connectivity index (χ2n) is 6.00. The van der Waals surface area contributed by atoms with Crippen molar-refractivity contribution in [3.8, 4) is 0 Å². The van der Waals surface area contributed by atoms with E-state index in [0.717, 1.165) is 12.3 Å². The van der Waals surface area contributed by atoms with Crippen LogP contribution in [0, 0.1) is 16.7 Å². The molecule has 0 spiro atoms. The normalized spacial score (nSPS) is 48.8. The first-order valence-electron chi connectivity index (χ1n) is 6.32. The Bertz CT molecular complexity index is 354. The van der Waals surface area contributed by atoms with Crippen LogP contribution < -0.4 is 0 Å². The first-order valence-corrected chi connectivity index (χ1v) is 6.32. The standard InChI is InChI=1S/C14H20O/c1-10-4-7-13-5-3-6-14(10,13)9-12(15)8-11(13)2/h8,10H,3-7,9H2,1-2H3/t10-,13+,14+/m1/s1. The van der Waals surface area contributed by atoms with Gasteiger partial charge in [0, 0.05) is 6.42 Å². The quantitative estimate of drug-likeness (QED) is 0.590. The lowest BCUT2D eigenvalue weighted by atomic mass is 9.57. The number of allylic oxidation sites excluding steroid dienone is 2. The summed E-state index contributed by atoms with van der Waals surface area (Å²) in [6.45, 7) is 4.58. The van der Waals surface area contributed by atoms with E-state index in [1.165, 1.54) is 37.7 Å². The van der Waals surface area contributed by atoms with E-state index in [1.54, 1.807) is 0 Å². The van der Waals surface area contributed by atoms with Gasteiger partial charge in [-0.25, -0.2) is 0 Å². The van der Waals surface area contributed by atoms with Crippen LogP contribution in [0.2, 0.25) is 0 Å². The average molecular weight is 204 g/mol. The number of carbonyl (C=O) groups excluding carboxylic acids is 1. The van der Waals surface area contributed by atoms with E-state index < -0.39 is 0 Å². The van der Waals surface area contributed by atoms with E-state index in [-0.39, 0.29) is 0 Å². The maximum absolute atomic E-state index is 11.8. The molecule has 0 heterocycles. The van der Waals surface area contributed by atoms with Crippen LogP contribution >= 0.6 is 0 Å². The topological polar surface area (TPSA) is 17.1 Å². The fourth-order valence-corrected chi connectivity index (χ4v) is 4.99. The molecule has 2 fully saturated rings. The second kappa shape index (κ2) is 2.75. The summed E-state index contributed by atoms with van der Waals surface area (Å²) in [6, 6.07) is 0. The third-order valence-corrected chi connectivity index (χ3v) is 5.75. The predicted octanol–water partition coefficient (Wildman–Crippen LogP) is 3.49. The number of ketones is 1. The Hall–Kier alpha value is -0.590. The van der Waals surface area contributed by atoms with Gasteiger partial charge in [0.25, 0.3) is 0 Å². The Kier molecular flexibility index (Phi) is 1.76. The van der Waals surface area contributed by atoms with Gasteiger partial charge < -0.3 is 0 Å². The van der Waals surface area contributed by atoms with E-state index in [4.69, 9.17) is 0 Å². The summed E-state index contributed by atoms with van der Waals surface area (Å²) in [5.41, 5.74) is 2.20. The first-order chi connectivity index (χ1) is 7.11. The molecule has 15 heavy (non-hydrogen) atoms. The molecular formula is C14H20O. The van der Waals surface area contributed by atoms with Crippen molar-refractivity contribution in [1.82, 2.24) is 0 Å². The molecule has 3 atom stereocenters. The molecule has 0 aromatic rings. The fraction of sp³-hybridized carbons (Fsp3) is 0.786. The van der Waals surface area contributed by atoms with Crippen LogP contribution in [-0.2, 0) is 4.79 Å². The molecular weight excluding hydrogens is 184 g/mol. The lowest BCUT2D eigenvalue weighted by Crippen LogP contribution is -2.41. The van der Waals surface area contributed by atoms with Crippen LogP contribution in [-0.4, -0.2) is 5.78 Å². The molecule has 0 aromatic carbocycles. The van der Waals surface area contributed by atoms with Crippen LogP contribution in [0.5, 0.6) is 0 Å². The van der Waals surface area contributed by atoms with Crippen molar-refractivity contribution in [2.24, 2.45) is 16.7 Å². The van der Waals surface area contributed by atoms with Crippen LogP contribution in [0.4, 0.5) is 0 Å². The summed E-state index contributed by atoms with van der Waals surface area (Å²) in [5, 5.41) is 0. The van der Waals surface area contributed by atoms with Crippen molar-refractivity contribution in [3.63, 3.8) is 0 Å². The molecule has 3 aliphatic rings. The van der Waals surface area contributed by atoms with Gasteiger partial charge in [0.2, 0.25) is 0 Å². The van der Waals surface area contributed by atoms with Gasteiger partial charge in [-0.15, -0.1) is 0 Å². The van der Waals surface area contributed by atoms with Crippen molar-refractivity contribution < 1.29 is 4.79 Å². The molecule has 3 rings (SSSR count). The van der Waals surface area contributed by atoms with Crippen LogP contribution in [0.15, 0.2) is 11.6 Å². The zero-order chi connectivity index (χ0) is 10.7. The molecule has 1 nitrogen and oxygen atoms in total. The zero-order valence-corrected chi connectivity index (χ0v) is 9.81. The number of rotatable bonds is 0. The smallest absolute Gasteiger partial charge is 0.156 e. The Morgan fingerprint density at radius 1 is 1.33 bits per heavy atom. The number of carbonyl (C=O) groups is 1. The van der Waals surface area contributed by atoms with Crippen molar-refractivity contribution in [3.05, 3.63) is 11.6 Å². The van der Waals surface area contributed by atoms with Gasteiger partial charge in [0.05, 0.1) is 0 Å². The summed E-state index contributed by atoms with van der Waals surface area (Å²) in [5.74, 6) is 1.14. The molecule has 0 aliphatic heterocycles. The van der Waals surface area contributed by atoms with Crippen molar-refractivity contribution >= 4 is 5.78 Å². The Labute approximate surface area is 91.9 Å². The van der Waals surface area contributed by atoms with Gasteiger partial charge in [-0.2, -0.15) is 0 Å². The molecule has 3 aliphatic carbocycles. The minimum Gasteiger partial charge on any atom is -0.295 e. The summed E-state index contributed by atoms with van der Waals surface area (Å²) in [6.07, 6.45) is 9.43. The average Bonchev–Trinajstić information content (AvgIpc) is 2.65. The van der Waals surface area contributed by atoms with Crippen LogP contribution in [0.1, 0.15) is 52.4 Å². The third-order valence-electron chi connectivity index (χ3n) is 5.75. The molecule has 0 unspecified atom stereocenters. The maximum atomic E-state index is 11.8. The minimum absolute atomic E-state index is 0.364. The van der Waals surface area contributed by atoms with Crippen molar-refractivity contribution in [2.75, 3.05) is 0 Å². The molecule has 82 valence electrons. The predicted molar refractivity (Wildman–Crippen MR) is 60.5 cm³/mol. The van der Waals surface area contributed by atoms with Gasteiger partial charge in [0.15, 0.2) is 5.78 Å². The van der Waals surface area contributed by atoms with Gasteiger partial charge in [-0.1, -0.05) is 18.9 Å². The van der Waals surface area contributed by atoms with Crippen molar-refractivity contribution in [1.29, 1.82) is 0 Å². The summed E-state index contributed by atoms with van der Waals surface area (Å²) < 4.78 is 0. The van der Waals surface area contributed by atoms with Crippen LogP contribution in [0.3, 0.4) is 0 Å². The Balaban J connectivity index is 2.18. The van der Waals surface area contributed by atoms with E-state index in [2.05, 4.69) is 13.8 Å². The molecule has 1 heteroatoms. The molecule has 0 bridgehead atoms. The van der Waals surface area contributed by atoms with Gasteiger partial charge in [-0.05, 0) is 55.4 Å². The summed E-state index contributed by atoms with van der Waals surface area (Å²) >= 11 is 0. The lowest BCUT2D eigenvalue weighted by Gasteiger charge is -2.46. The highest BCUT2D eigenvalue weighted by Crippen LogP contribution is 2.71. The number of hydrogen-bond donors (Lipinski definition) is 0. The van der Waals surface area contributed by atoms with E-state index in [1.807, 2.05) is 6.08 Å². The summed E-state index contributed by atoms with van der Waals surface area (Å²) in [4.78, 5) is 11.8. The first kappa shape index (κ1) is 9.62. The van der Waals surface area contributed by atoms with E-state index in [9.17, 15) is 4.79 Å². The highest BCUT2D eigenvalue weighted by Gasteiger charge is 2.63. The molecule has 0 aromatic heterocycles. The number of hydrogen-bond acceptors (Lipinski definition) is 1. The van der Waals surface area contributed by atoms with Crippen LogP contribution in [0.25, 0.3) is 0 Å². The largest absolute Gasteiger partial charge is 0.295 e. The summed E-state index contributed by atoms with van der Waals surface area (Å²) in [7, 11) is 0. The highest BCUT2D eigenvalue weighted by molar-refractivity contribution is 5.92. The fourth-order valence-electron chi connectivity index (χ4n) is 4.99. The monoisotopic (exact) mass is 204 g/mol. The minimum atomic E-state index is 0.364. The Morgan fingerprint density at radius 3 is 2.93 bits per heavy atom. The Morgan fingerprint density at radius 2 is 2.13 bits per heavy atom. The SMILES string of the molecule is CC1=CC(=O)C[C@]23CCC[C@]12CC[C@H]3C. The molecule has 0 amide bonds. The van der Waals surface area contributed by atoms with Gasteiger partial charge in [-0.3, -0.25) is 4.79 Å². The van der Waals surface area contributed by atoms with Gasteiger partial charge >= 0.3 is 0 Å². The third kappa shape index (κ3) is 0.926. The maximum Gasteiger partial charge on any atom is 0.156 e. The van der Waals surface area contributed by atoms with Gasteiger partial charge in [0.1, 0.15) is 0 Å². The van der Waals surface area contributed by atoms with E-state index >= 15 is 0 Å². The lowest BCUT2D eigenvalue weighted by molar-refractivity contribution is -0.120. The molecule has 2 saturated carbocycles. The molecule has 0 radical (unpaired) electrons. The second-order valence-corrected chi connectivity index (χ2v) is 6.00. The highest BCUT2D eigenvalue weighted by atomic mass is 16.1. The molecule has 0 saturated heterocycles.